The van der Waals surface area contributed by atoms with Crippen LogP contribution in [0.4, 0.5) is 0 Å². The van der Waals surface area contributed by atoms with Gasteiger partial charge in [-0.1, -0.05) is 37.9 Å². The molecule has 8 heteroatoms. The molecule has 132 valence electrons. The molecule has 0 amide bonds. The Morgan fingerprint density at radius 2 is 1.54 bits per heavy atom. The van der Waals surface area contributed by atoms with Crippen molar-refractivity contribution in [1.29, 1.82) is 0 Å². The van der Waals surface area contributed by atoms with Gasteiger partial charge in [0.05, 0.1) is 16.9 Å². The molecule has 0 aliphatic heterocycles. The third-order valence-electron chi connectivity index (χ3n) is 4.15. The van der Waals surface area contributed by atoms with E-state index in [1.54, 1.807) is 6.07 Å². The summed E-state index contributed by atoms with van der Waals surface area (Å²) >= 11 is 0.818. The minimum atomic E-state index is -4.29. The van der Waals surface area contributed by atoms with Crippen LogP contribution in [-0.2, 0) is 14.5 Å². The maximum absolute atomic E-state index is 11.6. The fourth-order valence-electron chi connectivity index (χ4n) is 3.09. The topological polar surface area (TPSA) is 83.8 Å². The average Bonchev–Trinajstić information content (AvgIpc) is 2.95. The average molecular weight is 404 g/mol. The predicted octanol–water partition coefficient (Wildman–Crippen LogP) is 5.71. The maximum Gasteiger partial charge on any atom is 0.294 e. The van der Waals surface area contributed by atoms with Crippen LogP contribution in [0.5, 0.6) is 0 Å². The molecular formula is C18H13O5PS2. The van der Waals surface area contributed by atoms with Crippen molar-refractivity contribution >= 4 is 50.7 Å². The van der Waals surface area contributed by atoms with Crippen molar-refractivity contribution in [1.82, 2.24) is 0 Å². The zero-order chi connectivity index (χ0) is 18.3. The first-order chi connectivity index (χ1) is 12.5. The number of benzene rings is 3. The molecule has 0 radical (unpaired) electrons. The van der Waals surface area contributed by atoms with Gasteiger partial charge in [0, 0.05) is 15.1 Å². The van der Waals surface area contributed by atoms with Crippen LogP contribution in [0.2, 0.25) is 0 Å². The summed E-state index contributed by atoms with van der Waals surface area (Å²) in [5.41, 5.74) is 0. The smallest absolute Gasteiger partial charge is 0.282 e. The van der Waals surface area contributed by atoms with Crippen LogP contribution in [0.3, 0.4) is 0 Å². The molecule has 0 saturated heterocycles. The molecule has 0 saturated carbocycles. The van der Waals surface area contributed by atoms with Crippen molar-refractivity contribution < 1.29 is 22.6 Å². The Labute approximate surface area is 155 Å². The molecule has 0 spiro atoms. The molecule has 4 aromatic rings. The molecule has 1 heterocycles. The van der Waals surface area contributed by atoms with Crippen molar-refractivity contribution in [3.63, 3.8) is 0 Å². The molecule has 0 bridgehead atoms. The van der Waals surface area contributed by atoms with Gasteiger partial charge in [0.25, 0.3) is 10.1 Å². The van der Waals surface area contributed by atoms with Crippen LogP contribution in [0.15, 0.2) is 76.5 Å². The van der Waals surface area contributed by atoms with Gasteiger partial charge < -0.3 is 0 Å². The third kappa shape index (κ3) is 3.03. The lowest BCUT2D eigenvalue weighted by atomic mass is 10.1. The van der Waals surface area contributed by atoms with Gasteiger partial charge in [0.15, 0.2) is 0 Å². The Morgan fingerprint density at radius 3 is 2.19 bits per heavy atom. The van der Waals surface area contributed by atoms with E-state index in [4.69, 9.17) is 5.26 Å². The fraction of sp³-hybridized carbons (Fsp3) is 0. The summed E-state index contributed by atoms with van der Waals surface area (Å²) in [4.78, 5) is 0.558. The molecule has 2 N–H and O–H groups in total. The fourth-order valence-corrected chi connectivity index (χ4v) is 6.56. The van der Waals surface area contributed by atoms with E-state index in [2.05, 4.69) is 16.5 Å². The minimum Gasteiger partial charge on any atom is -0.282 e. The summed E-state index contributed by atoms with van der Waals surface area (Å²) in [5.74, 6) is 0. The van der Waals surface area contributed by atoms with Crippen LogP contribution in [0.25, 0.3) is 26.3 Å². The first kappa shape index (κ1) is 17.5. The lowest BCUT2D eigenvalue weighted by Gasteiger charge is -2.04. The molecule has 26 heavy (non-hydrogen) atoms. The Morgan fingerprint density at radius 1 is 0.885 bits per heavy atom. The number of fused-ring (bicyclic) bond motifs is 3. The Balaban J connectivity index is 2.12. The summed E-state index contributed by atoms with van der Waals surface area (Å²) < 4.78 is 36.7. The van der Waals surface area contributed by atoms with Crippen molar-refractivity contribution in [2.24, 2.45) is 0 Å². The normalized spacial score (nSPS) is 12.8. The first-order valence-electron chi connectivity index (χ1n) is 7.58. The molecule has 4 rings (SSSR count). The summed E-state index contributed by atoms with van der Waals surface area (Å²) in [6, 6.07) is 20.4. The van der Waals surface area contributed by atoms with Crippen LogP contribution in [0, 0.1) is 0 Å². The predicted molar refractivity (Wildman–Crippen MR) is 105 cm³/mol. The SMILES string of the molecule is O=S(=O)(O)c1ccc2c(c1)c1cc(SOO)ccc1p2-c1ccccc1. The van der Waals surface area contributed by atoms with E-state index in [1.807, 2.05) is 36.4 Å². The van der Waals surface area contributed by atoms with Gasteiger partial charge in [0.2, 0.25) is 0 Å². The molecule has 1 aromatic heterocycles. The highest BCUT2D eigenvalue weighted by atomic mass is 32.2. The second kappa shape index (κ2) is 6.70. The van der Waals surface area contributed by atoms with Gasteiger partial charge in [-0.3, -0.25) is 4.55 Å². The van der Waals surface area contributed by atoms with Crippen molar-refractivity contribution in [3.8, 4) is 5.30 Å². The van der Waals surface area contributed by atoms with Gasteiger partial charge in [0.1, 0.15) is 0 Å². The quantitative estimate of drug-likeness (QED) is 0.196. The second-order valence-electron chi connectivity index (χ2n) is 5.66. The van der Waals surface area contributed by atoms with Gasteiger partial charge in [-0.25, -0.2) is 5.26 Å². The lowest BCUT2D eigenvalue weighted by Crippen LogP contribution is -1.96. The highest BCUT2D eigenvalue weighted by Crippen LogP contribution is 2.55. The molecule has 0 fully saturated rings. The number of hydrogen-bond donors (Lipinski definition) is 2. The van der Waals surface area contributed by atoms with Crippen LogP contribution < -0.4 is 0 Å². The molecule has 0 aliphatic rings. The Kier molecular flexibility index (Phi) is 4.52. The lowest BCUT2D eigenvalue weighted by molar-refractivity contribution is -0.116. The number of rotatable bonds is 4. The molecule has 0 aliphatic carbocycles. The van der Waals surface area contributed by atoms with Crippen molar-refractivity contribution in [2.45, 2.75) is 9.79 Å². The highest BCUT2D eigenvalue weighted by Gasteiger charge is 2.17. The van der Waals surface area contributed by atoms with E-state index in [0.717, 1.165) is 38.4 Å². The summed E-state index contributed by atoms with van der Waals surface area (Å²) in [6.45, 7) is 0. The van der Waals surface area contributed by atoms with Crippen LogP contribution in [-0.4, -0.2) is 18.2 Å². The maximum atomic E-state index is 11.6. The summed E-state index contributed by atoms with van der Waals surface area (Å²) in [7, 11) is -5.12. The zero-order valence-corrected chi connectivity index (χ0v) is 15.8. The van der Waals surface area contributed by atoms with E-state index in [0.29, 0.717) is 4.90 Å². The first-order valence-corrected chi connectivity index (χ1v) is 11.1. The van der Waals surface area contributed by atoms with Crippen LogP contribution in [0.1, 0.15) is 0 Å². The Hall–Kier alpha value is -1.86. The molecule has 3 aromatic carbocycles. The molecule has 1 atom stereocenters. The van der Waals surface area contributed by atoms with E-state index in [1.165, 1.54) is 12.1 Å². The zero-order valence-electron chi connectivity index (χ0n) is 13.2. The third-order valence-corrected chi connectivity index (χ3v) is 8.08. The standard InChI is InChI=1S/C18H13O5PS2/c19-23-25-13-6-8-17-15(10-13)16-11-14(26(20,21)22)7-9-18(16)24(17)12-4-2-1-3-5-12/h1-11,19H,(H,20,21,22). The van der Waals surface area contributed by atoms with Gasteiger partial charge in [-0.05, 0) is 52.5 Å². The Bertz CT molecular complexity index is 1220. The van der Waals surface area contributed by atoms with Gasteiger partial charge in [-0.15, -0.1) is 0 Å². The van der Waals surface area contributed by atoms with E-state index < -0.39 is 17.7 Å². The summed E-state index contributed by atoms with van der Waals surface area (Å²) in [6.07, 6.45) is 0. The van der Waals surface area contributed by atoms with Gasteiger partial charge in [-0.2, -0.15) is 12.8 Å². The molecule has 5 nitrogen and oxygen atoms in total. The van der Waals surface area contributed by atoms with Crippen molar-refractivity contribution in [3.05, 3.63) is 66.7 Å². The van der Waals surface area contributed by atoms with E-state index in [-0.39, 0.29) is 4.90 Å². The largest absolute Gasteiger partial charge is 0.294 e. The summed E-state index contributed by atoms with van der Waals surface area (Å²) in [5, 5.41) is 13.6. The van der Waals surface area contributed by atoms with Crippen LogP contribution >= 0.6 is 19.6 Å². The van der Waals surface area contributed by atoms with E-state index in [9.17, 15) is 13.0 Å². The van der Waals surface area contributed by atoms with Crippen molar-refractivity contribution in [2.75, 3.05) is 0 Å². The second-order valence-corrected chi connectivity index (χ2v) is 10.0. The molecule has 1 unspecified atom stereocenters. The molecular weight excluding hydrogens is 391 g/mol. The monoisotopic (exact) mass is 404 g/mol. The van der Waals surface area contributed by atoms with E-state index >= 15 is 0 Å². The number of hydrogen-bond acceptors (Lipinski definition) is 5. The highest BCUT2D eigenvalue weighted by molar-refractivity contribution is 7.94. The minimum absolute atomic E-state index is 0.136. The van der Waals surface area contributed by atoms with Gasteiger partial charge >= 0.3 is 0 Å².